The van der Waals surface area contributed by atoms with Crippen LogP contribution in [0.2, 0.25) is 0 Å². The van der Waals surface area contributed by atoms with E-state index < -0.39 is 11.6 Å². The third-order valence-corrected chi connectivity index (χ3v) is 4.09. The number of furan rings is 1. The van der Waals surface area contributed by atoms with Gasteiger partial charge < -0.3 is 9.15 Å². The molecule has 24 heavy (non-hydrogen) atoms. The molecule has 0 aliphatic carbocycles. The highest BCUT2D eigenvalue weighted by Gasteiger charge is 2.18. The van der Waals surface area contributed by atoms with Gasteiger partial charge in [0.05, 0.1) is 6.61 Å². The second kappa shape index (κ2) is 6.63. The van der Waals surface area contributed by atoms with Crippen LogP contribution in [0.3, 0.4) is 0 Å². The van der Waals surface area contributed by atoms with Gasteiger partial charge in [-0.3, -0.25) is 0 Å². The summed E-state index contributed by atoms with van der Waals surface area (Å²) in [6.45, 7) is 8.27. The Morgan fingerprint density at radius 3 is 2.42 bits per heavy atom. The van der Waals surface area contributed by atoms with Gasteiger partial charge in [-0.05, 0) is 37.0 Å². The summed E-state index contributed by atoms with van der Waals surface area (Å²) >= 11 is 0. The topological polar surface area (TPSA) is 22.4 Å². The first kappa shape index (κ1) is 16.5. The Kier molecular flexibility index (Phi) is 4.56. The molecule has 0 fully saturated rings. The highest BCUT2D eigenvalue weighted by atomic mass is 19.1. The maximum absolute atomic E-state index is 14.6. The fourth-order valence-electron chi connectivity index (χ4n) is 2.78. The summed E-state index contributed by atoms with van der Waals surface area (Å²) in [5.41, 5.74) is 0.386. The fraction of sp³-hybridized carbons (Fsp3) is 0.300. The van der Waals surface area contributed by atoms with E-state index in [1.54, 1.807) is 24.3 Å². The number of rotatable bonds is 6. The minimum Gasteiger partial charge on any atom is -0.490 e. The average Bonchev–Trinajstić information content (AvgIpc) is 2.94. The summed E-state index contributed by atoms with van der Waals surface area (Å²) in [6, 6.07) is 6.59. The van der Waals surface area contributed by atoms with Crippen LogP contribution in [0.4, 0.5) is 8.78 Å². The molecule has 2 nitrogen and oxygen atoms in total. The zero-order chi connectivity index (χ0) is 17.3. The Morgan fingerprint density at radius 1 is 1.08 bits per heavy atom. The lowest BCUT2D eigenvalue weighted by atomic mass is 10.1. The van der Waals surface area contributed by atoms with E-state index in [-0.39, 0.29) is 16.9 Å². The molecule has 126 valence electrons. The number of hydrogen-bond donors (Lipinski definition) is 0. The van der Waals surface area contributed by atoms with Crippen LogP contribution in [0.5, 0.6) is 5.75 Å². The molecule has 0 N–H and O–H groups in total. The first-order valence-corrected chi connectivity index (χ1v) is 8.11. The lowest BCUT2D eigenvalue weighted by molar-refractivity contribution is 0.284. The Hall–Kier alpha value is -2.36. The first-order valence-electron chi connectivity index (χ1n) is 8.11. The van der Waals surface area contributed by atoms with Crippen molar-refractivity contribution in [1.82, 2.24) is 0 Å². The Labute approximate surface area is 139 Å². The average molecular weight is 330 g/mol. The van der Waals surface area contributed by atoms with E-state index in [2.05, 4.69) is 20.4 Å². The van der Waals surface area contributed by atoms with Gasteiger partial charge in [0.1, 0.15) is 0 Å². The van der Waals surface area contributed by atoms with Crippen molar-refractivity contribution in [2.45, 2.75) is 26.7 Å². The standard InChI is InChI=1S/C20H20F2O2/c1-4-13-7-8-14-15-9-10-16(23-11-5-6-12(2)3)18(22)20(15)24-19(14)17(13)21/h4,7-10,12H,1,5-6,11H2,2-3H3. The molecule has 0 unspecified atom stereocenters. The maximum atomic E-state index is 14.6. The van der Waals surface area contributed by atoms with Crippen molar-refractivity contribution >= 4 is 28.0 Å². The number of halogens is 2. The highest BCUT2D eigenvalue weighted by Crippen LogP contribution is 2.36. The summed E-state index contributed by atoms with van der Waals surface area (Å²) in [5, 5.41) is 1.07. The van der Waals surface area contributed by atoms with Gasteiger partial charge in [-0.25, -0.2) is 4.39 Å². The molecule has 0 saturated heterocycles. The quantitative estimate of drug-likeness (QED) is 0.493. The Morgan fingerprint density at radius 2 is 1.75 bits per heavy atom. The fourth-order valence-corrected chi connectivity index (χ4v) is 2.78. The number of benzene rings is 2. The van der Waals surface area contributed by atoms with Gasteiger partial charge in [0.2, 0.25) is 5.82 Å². The molecule has 0 spiro atoms. The Balaban J connectivity index is 1.98. The molecular weight excluding hydrogens is 310 g/mol. The van der Waals surface area contributed by atoms with Crippen LogP contribution < -0.4 is 4.74 Å². The van der Waals surface area contributed by atoms with Gasteiger partial charge in [0.15, 0.2) is 22.7 Å². The minimum absolute atomic E-state index is 0.0199. The summed E-state index contributed by atoms with van der Waals surface area (Å²) in [5.74, 6) is -0.404. The van der Waals surface area contributed by atoms with E-state index >= 15 is 0 Å². The molecular formula is C20H20F2O2. The monoisotopic (exact) mass is 330 g/mol. The van der Waals surface area contributed by atoms with Crippen molar-refractivity contribution in [3.8, 4) is 5.75 Å². The number of ether oxygens (including phenoxy) is 1. The van der Waals surface area contributed by atoms with Crippen LogP contribution in [-0.4, -0.2) is 6.61 Å². The van der Waals surface area contributed by atoms with Crippen LogP contribution in [0.25, 0.3) is 28.0 Å². The largest absolute Gasteiger partial charge is 0.490 e. The maximum Gasteiger partial charge on any atom is 0.208 e. The molecule has 3 rings (SSSR count). The van der Waals surface area contributed by atoms with Crippen molar-refractivity contribution in [1.29, 1.82) is 0 Å². The van der Waals surface area contributed by atoms with E-state index in [1.165, 1.54) is 6.08 Å². The van der Waals surface area contributed by atoms with Crippen LogP contribution >= 0.6 is 0 Å². The predicted octanol–water partition coefficient (Wildman–Crippen LogP) is 6.32. The van der Waals surface area contributed by atoms with Crippen molar-refractivity contribution < 1.29 is 17.9 Å². The second-order valence-electron chi connectivity index (χ2n) is 6.29. The smallest absolute Gasteiger partial charge is 0.208 e. The van der Waals surface area contributed by atoms with Crippen molar-refractivity contribution in [3.05, 3.63) is 48.0 Å². The molecule has 0 saturated carbocycles. The van der Waals surface area contributed by atoms with Gasteiger partial charge in [0, 0.05) is 16.3 Å². The van der Waals surface area contributed by atoms with Gasteiger partial charge in [-0.2, -0.15) is 4.39 Å². The molecule has 4 heteroatoms. The van der Waals surface area contributed by atoms with Gasteiger partial charge in [-0.15, -0.1) is 0 Å². The van der Waals surface area contributed by atoms with Crippen molar-refractivity contribution in [3.63, 3.8) is 0 Å². The Bertz CT molecular complexity index is 894. The molecule has 2 aromatic carbocycles. The van der Waals surface area contributed by atoms with Crippen LogP contribution in [0.15, 0.2) is 35.3 Å². The molecule has 3 aromatic rings. The molecule has 0 bridgehead atoms. The van der Waals surface area contributed by atoms with Gasteiger partial charge >= 0.3 is 0 Å². The van der Waals surface area contributed by atoms with Gasteiger partial charge in [-0.1, -0.05) is 32.6 Å². The number of fused-ring (bicyclic) bond motifs is 3. The lowest BCUT2D eigenvalue weighted by Crippen LogP contribution is -2.01. The second-order valence-corrected chi connectivity index (χ2v) is 6.29. The van der Waals surface area contributed by atoms with Crippen LogP contribution in [-0.2, 0) is 0 Å². The molecule has 0 aliphatic heterocycles. The zero-order valence-electron chi connectivity index (χ0n) is 13.9. The molecule has 1 aromatic heterocycles. The number of hydrogen-bond acceptors (Lipinski definition) is 2. The van der Waals surface area contributed by atoms with Crippen molar-refractivity contribution in [2.75, 3.05) is 6.61 Å². The van der Waals surface area contributed by atoms with E-state index in [0.717, 1.165) is 12.8 Å². The van der Waals surface area contributed by atoms with E-state index in [0.29, 0.717) is 28.9 Å². The molecule has 0 atom stereocenters. The summed E-state index contributed by atoms with van der Waals surface area (Å²) < 4.78 is 40.0. The third kappa shape index (κ3) is 2.88. The summed E-state index contributed by atoms with van der Waals surface area (Å²) in [4.78, 5) is 0. The van der Waals surface area contributed by atoms with Crippen molar-refractivity contribution in [2.24, 2.45) is 5.92 Å². The summed E-state index contributed by atoms with van der Waals surface area (Å²) in [6.07, 6.45) is 3.28. The van der Waals surface area contributed by atoms with E-state index in [1.807, 2.05) is 0 Å². The summed E-state index contributed by atoms with van der Waals surface area (Å²) in [7, 11) is 0. The minimum atomic E-state index is -0.590. The van der Waals surface area contributed by atoms with Crippen LogP contribution in [0, 0.1) is 17.6 Å². The predicted molar refractivity (Wildman–Crippen MR) is 93.3 cm³/mol. The third-order valence-electron chi connectivity index (χ3n) is 4.09. The van der Waals surface area contributed by atoms with Crippen LogP contribution in [0.1, 0.15) is 32.3 Å². The van der Waals surface area contributed by atoms with E-state index in [4.69, 9.17) is 9.15 Å². The highest BCUT2D eigenvalue weighted by molar-refractivity contribution is 6.06. The van der Waals surface area contributed by atoms with E-state index in [9.17, 15) is 8.78 Å². The SMILES string of the molecule is C=Cc1ccc2c(oc3c(F)c(OCCCC(C)C)ccc32)c1F. The zero-order valence-corrected chi connectivity index (χ0v) is 13.9. The molecule has 0 amide bonds. The normalized spacial score (nSPS) is 11.5. The molecule has 0 aliphatic rings. The molecule has 0 radical (unpaired) electrons. The lowest BCUT2D eigenvalue weighted by Gasteiger charge is -2.08. The molecule has 1 heterocycles. The van der Waals surface area contributed by atoms with Gasteiger partial charge in [0.25, 0.3) is 0 Å². The first-order chi connectivity index (χ1) is 11.5.